The van der Waals surface area contributed by atoms with Crippen molar-refractivity contribution in [3.8, 4) is 5.75 Å². The quantitative estimate of drug-likeness (QED) is 0.374. The van der Waals surface area contributed by atoms with E-state index in [1.54, 1.807) is 0 Å². The number of ether oxygens (including phenoxy) is 1. The zero-order chi connectivity index (χ0) is 21.2. The number of para-hydroxylation sites is 1. The molecule has 1 saturated carbocycles. The highest BCUT2D eigenvalue weighted by Crippen LogP contribution is 2.46. The van der Waals surface area contributed by atoms with Crippen LogP contribution in [-0.4, -0.2) is 28.5 Å². The van der Waals surface area contributed by atoms with Crippen LogP contribution in [0.25, 0.3) is 0 Å². The molecule has 0 bridgehead atoms. The van der Waals surface area contributed by atoms with Gasteiger partial charge >= 0.3 is 0 Å². The van der Waals surface area contributed by atoms with Gasteiger partial charge in [-0.15, -0.1) is 0 Å². The lowest BCUT2D eigenvalue weighted by atomic mass is 9.93. The maximum atomic E-state index is 11.1. The highest BCUT2D eigenvalue weighted by Gasteiger charge is 2.29. The van der Waals surface area contributed by atoms with E-state index in [0.717, 1.165) is 29.4 Å². The van der Waals surface area contributed by atoms with Crippen LogP contribution in [0.3, 0.4) is 0 Å². The highest BCUT2D eigenvalue weighted by molar-refractivity contribution is 8.00. The smallest absolute Gasteiger partial charge is 0.127 e. The largest absolute Gasteiger partial charge is 0.488 e. The fourth-order valence-corrected chi connectivity index (χ4v) is 6.20. The van der Waals surface area contributed by atoms with E-state index in [2.05, 4.69) is 56.3 Å². The number of hydrogen-bond donors (Lipinski definition) is 1. The first-order valence-corrected chi connectivity index (χ1v) is 13.6. The fraction of sp³-hybridized carbons (Fsp3) is 0.538. The van der Waals surface area contributed by atoms with Gasteiger partial charge in [0.1, 0.15) is 12.4 Å². The van der Waals surface area contributed by atoms with E-state index in [9.17, 15) is 5.11 Å². The van der Waals surface area contributed by atoms with Crippen molar-refractivity contribution in [2.75, 3.05) is 17.3 Å². The number of aliphatic hydroxyl groups excluding tert-OH is 1. The van der Waals surface area contributed by atoms with Crippen molar-refractivity contribution in [2.24, 2.45) is 0 Å². The first-order chi connectivity index (χ1) is 14.7. The summed E-state index contributed by atoms with van der Waals surface area (Å²) in [5.74, 6) is 4.45. The average Bonchev–Trinajstić information content (AvgIpc) is 3.32. The minimum atomic E-state index is -0.371. The Morgan fingerprint density at radius 1 is 1.03 bits per heavy atom. The summed E-state index contributed by atoms with van der Waals surface area (Å²) in [6, 6.07) is 17.0. The topological polar surface area (TPSA) is 29.5 Å². The summed E-state index contributed by atoms with van der Waals surface area (Å²) in [7, 11) is 0. The molecule has 0 heterocycles. The van der Waals surface area contributed by atoms with Crippen LogP contribution in [0.4, 0.5) is 0 Å². The summed E-state index contributed by atoms with van der Waals surface area (Å²) in [4.78, 5) is 0. The summed E-state index contributed by atoms with van der Waals surface area (Å²) < 4.78 is 6.55. The third kappa shape index (κ3) is 6.45. The van der Waals surface area contributed by atoms with E-state index < -0.39 is 0 Å². The molecule has 2 nitrogen and oxygen atoms in total. The molecule has 0 aromatic heterocycles. The average molecular weight is 445 g/mol. The van der Waals surface area contributed by atoms with Crippen molar-refractivity contribution >= 4 is 23.5 Å². The monoisotopic (exact) mass is 444 g/mol. The van der Waals surface area contributed by atoms with Crippen molar-refractivity contribution < 1.29 is 9.84 Å². The van der Waals surface area contributed by atoms with Crippen molar-refractivity contribution in [3.63, 3.8) is 0 Å². The predicted octanol–water partition coefficient (Wildman–Crippen LogP) is 7.22. The van der Waals surface area contributed by atoms with E-state index in [4.69, 9.17) is 4.74 Å². The molecule has 1 aliphatic rings. The molecule has 2 aromatic rings. The predicted molar refractivity (Wildman–Crippen MR) is 133 cm³/mol. The van der Waals surface area contributed by atoms with Crippen molar-refractivity contribution in [2.45, 2.75) is 69.8 Å². The molecule has 2 atom stereocenters. The Morgan fingerprint density at radius 3 is 2.50 bits per heavy atom. The van der Waals surface area contributed by atoms with Crippen LogP contribution >= 0.6 is 23.5 Å². The molecule has 30 heavy (non-hydrogen) atoms. The summed E-state index contributed by atoms with van der Waals surface area (Å²) in [6.45, 7) is 4.93. The Morgan fingerprint density at radius 2 is 1.80 bits per heavy atom. The van der Waals surface area contributed by atoms with Crippen molar-refractivity contribution in [1.29, 1.82) is 0 Å². The van der Waals surface area contributed by atoms with Crippen molar-refractivity contribution in [3.05, 3.63) is 65.2 Å². The molecule has 1 fully saturated rings. The molecule has 0 aliphatic heterocycles. The SMILES string of the molecule is CCCSC(c1cccc(C2CCCC2)c1OCc1ccccc1)C(O)CSCC. The van der Waals surface area contributed by atoms with Crippen LogP contribution in [-0.2, 0) is 6.61 Å². The minimum Gasteiger partial charge on any atom is -0.488 e. The molecule has 2 unspecified atom stereocenters. The highest BCUT2D eigenvalue weighted by atomic mass is 32.2. The lowest BCUT2D eigenvalue weighted by Gasteiger charge is -2.27. The van der Waals surface area contributed by atoms with Crippen LogP contribution in [0.1, 0.15) is 73.8 Å². The standard InChI is InChI=1S/C26H36O2S2/c1-3-17-30-26(24(27)19-29-4-2)23-16-10-15-22(21-13-8-9-14-21)25(23)28-18-20-11-6-5-7-12-20/h5-7,10-12,15-16,21,24,26-27H,3-4,8-9,13-14,17-19H2,1-2H3. The van der Waals surface area contributed by atoms with Crippen LogP contribution < -0.4 is 4.74 Å². The van der Waals surface area contributed by atoms with E-state index in [1.165, 1.54) is 42.4 Å². The normalized spacial score (nSPS) is 16.5. The van der Waals surface area contributed by atoms with Gasteiger partial charge in [0.05, 0.1) is 11.4 Å². The third-order valence-electron chi connectivity index (χ3n) is 5.75. The summed E-state index contributed by atoms with van der Waals surface area (Å²) in [5.41, 5.74) is 3.71. The molecule has 0 spiro atoms. The summed E-state index contributed by atoms with van der Waals surface area (Å²) >= 11 is 3.69. The first-order valence-electron chi connectivity index (χ1n) is 11.4. The molecular weight excluding hydrogens is 408 g/mol. The Bertz CT molecular complexity index is 744. The molecule has 0 amide bonds. The van der Waals surface area contributed by atoms with E-state index >= 15 is 0 Å². The lowest BCUT2D eigenvalue weighted by molar-refractivity contribution is 0.194. The second-order valence-electron chi connectivity index (χ2n) is 8.04. The first kappa shape index (κ1) is 23.6. The Labute approximate surface area is 191 Å². The molecule has 3 rings (SSSR count). The van der Waals surface area contributed by atoms with Crippen LogP contribution in [0.5, 0.6) is 5.75 Å². The zero-order valence-electron chi connectivity index (χ0n) is 18.4. The van der Waals surface area contributed by atoms with Gasteiger partial charge in [0.2, 0.25) is 0 Å². The second kappa shape index (κ2) is 12.7. The van der Waals surface area contributed by atoms with Crippen LogP contribution in [0, 0.1) is 0 Å². The number of thioether (sulfide) groups is 2. The molecule has 0 radical (unpaired) electrons. The Hall–Kier alpha value is -1.10. The molecule has 164 valence electrons. The van der Waals surface area contributed by atoms with Gasteiger partial charge in [-0.3, -0.25) is 0 Å². The van der Waals surface area contributed by atoms with Gasteiger partial charge in [0.25, 0.3) is 0 Å². The lowest BCUT2D eigenvalue weighted by Crippen LogP contribution is -2.21. The van der Waals surface area contributed by atoms with Crippen LogP contribution in [0.15, 0.2) is 48.5 Å². The number of hydrogen-bond acceptors (Lipinski definition) is 4. The van der Waals surface area contributed by atoms with Gasteiger partial charge in [0.15, 0.2) is 0 Å². The number of benzene rings is 2. The Balaban J connectivity index is 1.93. The molecule has 0 saturated heterocycles. The molecular formula is C26H36O2S2. The molecule has 2 aromatic carbocycles. The van der Waals surface area contributed by atoms with Gasteiger partial charge in [-0.1, -0.05) is 75.2 Å². The summed E-state index contributed by atoms with van der Waals surface area (Å²) in [6.07, 6.45) is 5.83. The van der Waals surface area contributed by atoms with E-state index in [1.807, 2.05) is 29.6 Å². The van der Waals surface area contributed by atoms with Gasteiger partial charge in [-0.2, -0.15) is 23.5 Å². The van der Waals surface area contributed by atoms with E-state index in [-0.39, 0.29) is 11.4 Å². The maximum Gasteiger partial charge on any atom is 0.127 e. The Kier molecular flexibility index (Phi) is 9.96. The van der Waals surface area contributed by atoms with Gasteiger partial charge < -0.3 is 9.84 Å². The molecule has 4 heteroatoms. The number of aliphatic hydroxyl groups is 1. The van der Waals surface area contributed by atoms with E-state index in [0.29, 0.717) is 12.5 Å². The molecule has 1 aliphatic carbocycles. The third-order valence-corrected chi connectivity index (χ3v) is 8.30. The van der Waals surface area contributed by atoms with Gasteiger partial charge in [-0.25, -0.2) is 0 Å². The fourth-order valence-electron chi connectivity index (χ4n) is 4.23. The van der Waals surface area contributed by atoms with Crippen LogP contribution in [0.2, 0.25) is 0 Å². The minimum absolute atomic E-state index is 0.0520. The maximum absolute atomic E-state index is 11.1. The van der Waals surface area contributed by atoms with Gasteiger partial charge in [-0.05, 0) is 47.8 Å². The van der Waals surface area contributed by atoms with Gasteiger partial charge in [0, 0.05) is 11.3 Å². The molecule has 1 N–H and O–H groups in total. The number of rotatable bonds is 12. The zero-order valence-corrected chi connectivity index (χ0v) is 20.0. The summed E-state index contributed by atoms with van der Waals surface area (Å²) in [5, 5.41) is 11.1. The second-order valence-corrected chi connectivity index (χ2v) is 10.6. The van der Waals surface area contributed by atoms with Crippen molar-refractivity contribution in [1.82, 2.24) is 0 Å².